The minimum absolute atomic E-state index is 0.0289. The molecule has 1 aromatic carbocycles. The highest BCUT2D eigenvalue weighted by molar-refractivity contribution is 5.89. The van der Waals surface area contributed by atoms with Crippen LogP contribution >= 0.6 is 0 Å². The number of aryl methyl sites for hydroxylation is 1. The molecule has 0 aliphatic heterocycles. The fourth-order valence-electron chi connectivity index (χ4n) is 3.48. The lowest BCUT2D eigenvalue weighted by Crippen LogP contribution is -2.38. The number of amides is 1. The first-order chi connectivity index (χ1) is 10.6. The quantitative estimate of drug-likeness (QED) is 0.795. The van der Waals surface area contributed by atoms with Crippen molar-refractivity contribution in [1.29, 1.82) is 0 Å². The van der Waals surface area contributed by atoms with Crippen molar-refractivity contribution >= 4 is 16.8 Å². The Hall–Kier alpha value is -1.81. The van der Waals surface area contributed by atoms with Crippen molar-refractivity contribution in [1.82, 2.24) is 10.3 Å². The summed E-state index contributed by atoms with van der Waals surface area (Å²) in [6, 6.07) is 6.23. The molecule has 3 N–H and O–H groups in total. The second-order valence-corrected chi connectivity index (χ2v) is 6.68. The molecule has 3 rings (SSSR count). The van der Waals surface area contributed by atoms with E-state index in [4.69, 9.17) is 0 Å². The van der Waals surface area contributed by atoms with Crippen molar-refractivity contribution in [2.24, 2.45) is 5.41 Å². The summed E-state index contributed by atoms with van der Waals surface area (Å²) in [5, 5.41) is 13.7. The number of aliphatic hydroxyl groups excluding tert-OH is 1. The molecule has 1 aliphatic rings. The van der Waals surface area contributed by atoms with Crippen LogP contribution in [0.3, 0.4) is 0 Å². The zero-order valence-electron chi connectivity index (χ0n) is 13.1. The normalized spacial score (nSPS) is 17.0. The molecule has 1 saturated carbocycles. The summed E-state index contributed by atoms with van der Waals surface area (Å²) in [5.74, 6) is 0.0289. The van der Waals surface area contributed by atoms with Crippen LogP contribution in [-0.2, 0) is 11.2 Å². The minimum Gasteiger partial charge on any atom is -0.396 e. The van der Waals surface area contributed by atoms with Crippen molar-refractivity contribution in [3.8, 4) is 0 Å². The SMILES string of the molecule is Cc1ccc2c(CC(=O)NCC3(CO)CCCC3)c[nH]c2c1. The van der Waals surface area contributed by atoms with Crippen LogP contribution in [0.25, 0.3) is 10.9 Å². The monoisotopic (exact) mass is 300 g/mol. The van der Waals surface area contributed by atoms with E-state index in [0.29, 0.717) is 13.0 Å². The van der Waals surface area contributed by atoms with E-state index in [0.717, 1.165) is 42.1 Å². The van der Waals surface area contributed by atoms with E-state index < -0.39 is 0 Å². The molecule has 118 valence electrons. The van der Waals surface area contributed by atoms with Crippen LogP contribution in [0.15, 0.2) is 24.4 Å². The lowest BCUT2D eigenvalue weighted by Gasteiger charge is -2.26. The minimum atomic E-state index is -0.0903. The molecule has 1 amide bonds. The number of carbonyl (C=O) groups excluding carboxylic acids is 1. The van der Waals surface area contributed by atoms with Crippen molar-refractivity contribution in [2.45, 2.75) is 39.0 Å². The van der Waals surface area contributed by atoms with Crippen LogP contribution in [-0.4, -0.2) is 29.1 Å². The Bertz CT molecular complexity index is 669. The molecule has 1 aliphatic carbocycles. The summed E-state index contributed by atoms with van der Waals surface area (Å²) >= 11 is 0. The maximum atomic E-state index is 12.2. The van der Waals surface area contributed by atoms with Crippen LogP contribution in [0.1, 0.15) is 36.8 Å². The van der Waals surface area contributed by atoms with Gasteiger partial charge in [-0.25, -0.2) is 0 Å². The number of aliphatic hydroxyl groups is 1. The molecule has 4 nitrogen and oxygen atoms in total. The highest BCUT2D eigenvalue weighted by atomic mass is 16.3. The second kappa shape index (κ2) is 6.13. The molecule has 1 fully saturated rings. The smallest absolute Gasteiger partial charge is 0.224 e. The number of fused-ring (bicyclic) bond motifs is 1. The van der Waals surface area contributed by atoms with E-state index in [2.05, 4.69) is 35.4 Å². The summed E-state index contributed by atoms with van der Waals surface area (Å²) in [4.78, 5) is 15.5. The molecular weight excluding hydrogens is 276 g/mol. The third kappa shape index (κ3) is 3.02. The highest BCUT2D eigenvalue weighted by Gasteiger charge is 2.33. The van der Waals surface area contributed by atoms with Gasteiger partial charge in [-0.05, 0) is 37.0 Å². The number of nitrogens with one attached hydrogen (secondary N) is 2. The van der Waals surface area contributed by atoms with E-state index in [-0.39, 0.29) is 17.9 Å². The van der Waals surface area contributed by atoms with E-state index in [1.165, 1.54) is 5.56 Å². The van der Waals surface area contributed by atoms with E-state index in [9.17, 15) is 9.90 Å². The molecule has 0 radical (unpaired) electrons. The number of aromatic amines is 1. The number of H-pyrrole nitrogens is 1. The molecule has 0 atom stereocenters. The van der Waals surface area contributed by atoms with Crippen molar-refractivity contribution < 1.29 is 9.90 Å². The maximum Gasteiger partial charge on any atom is 0.224 e. The van der Waals surface area contributed by atoms with E-state index in [1.807, 2.05) is 6.20 Å². The lowest BCUT2D eigenvalue weighted by atomic mass is 9.87. The summed E-state index contributed by atoms with van der Waals surface area (Å²) in [7, 11) is 0. The van der Waals surface area contributed by atoms with Gasteiger partial charge >= 0.3 is 0 Å². The molecule has 1 heterocycles. The standard InChI is InChI=1S/C18H24N2O2/c1-13-4-5-15-14(10-19-16(15)8-13)9-17(22)20-11-18(12-21)6-2-3-7-18/h4-5,8,10,19,21H,2-3,6-7,9,11-12H2,1H3,(H,20,22). The Morgan fingerprint density at radius 1 is 1.36 bits per heavy atom. The fourth-order valence-corrected chi connectivity index (χ4v) is 3.48. The van der Waals surface area contributed by atoms with E-state index in [1.54, 1.807) is 0 Å². The van der Waals surface area contributed by atoms with Gasteiger partial charge in [0.2, 0.25) is 5.91 Å². The molecular formula is C18H24N2O2. The third-order valence-corrected chi connectivity index (χ3v) is 4.93. The number of aromatic nitrogens is 1. The Labute approximate surface area is 130 Å². The Morgan fingerprint density at radius 2 is 2.14 bits per heavy atom. The van der Waals surface area contributed by atoms with Crippen LogP contribution in [0.2, 0.25) is 0 Å². The summed E-state index contributed by atoms with van der Waals surface area (Å²) < 4.78 is 0. The summed E-state index contributed by atoms with van der Waals surface area (Å²) in [6.45, 7) is 2.81. The summed E-state index contributed by atoms with van der Waals surface area (Å²) in [6.07, 6.45) is 6.62. The van der Waals surface area contributed by atoms with Crippen LogP contribution < -0.4 is 5.32 Å². The topological polar surface area (TPSA) is 65.1 Å². The van der Waals surface area contributed by atoms with Gasteiger partial charge in [-0.2, -0.15) is 0 Å². The number of rotatable bonds is 5. The molecule has 22 heavy (non-hydrogen) atoms. The first-order valence-electron chi connectivity index (χ1n) is 8.06. The third-order valence-electron chi connectivity index (χ3n) is 4.93. The maximum absolute atomic E-state index is 12.2. The number of hydrogen-bond donors (Lipinski definition) is 3. The molecule has 1 aromatic heterocycles. The first-order valence-corrected chi connectivity index (χ1v) is 8.06. The van der Waals surface area contributed by atoms with Gasteiger partial charge in [-0.15, -0.1) is 0 Å². The van der Waals surface area contributed by atoms with Crippen LogP contribution in [0.5, 0.6) is 0 Å². The Balaban J connectivity index is 1.63. The van der Waals surface area contributed by atoms with Crippen molar-refractivity contribution in [3.05, 3.63) is 35.5 Å². The predicted octanol–water partition coefficient (Wildman–Crippen LogP) is 2.69. The zero-order valence-corrected chi connectivity index (χ0v) is 13.1. The van der Waals surface area contributed by atoms with Crippen molar-refractivity contribution in [3.63, 3.8) is 0 Å². The number of carbonyl (C=O) groups is 1. The molecule has 0 saturated heterocycles. The van der Waals surface area contributed by atoms with Crippen molar-refractivity contribution in [2.75, 3.05) is 13.2 Å². The van der Waals surface area contributed by atoms with Gasteiger partial charge < -0.3 is 15.4 Å². The Morgan fingerprint density at radius 3 is 2.86 bits per heavy atom. The van der Waals surface area contributed by atoms with Gasteiger partial charge in [-0.1, -0.05) is 25.0 Å². The Kier molecular flexibility index (Phi) is 4.21. The van der Waals surface area contributed by atoms with E-state index >= 15 is 0 Å². The molecule has 0 bridgehead atoms. The van der Waals surface area contributed by atoms with Crippen LogP contribution in [0, 0.1) is 12.3 Å². The average molecular weight is 300 g/mol. The van der Waals surface area contributed by atoms with Gasteiger partial charge in [0.05, 0.1) is 13.0 Å². The fraction of sp³-hybridized carbons (Fsp3) is 0.500. The van der Waals surface area contributed by atoms with Gasteiger partial charge in [-0.3, -0.25) is 4.79 Å². The highest BCUT2D eigenvalue weighted by Crippen LogP contribution is 2.36. The average Bonchev–Trinajstić information content (AvgIpc) is 3.13. The number of benzene rings is 1. The summed E-state index contributed by atoms with van der Waals surface area (Å²) in [5.41, 5.74) is 3.21. The molecule has 0 spiro atoms. The van der Waals surface area contributed by atoms with Gasteiger partial charge in [0.25, 0.3) is 0 Å². The van der Waals surface area contributed by atoms with Gasteiger partial charge in [0.1, 0.15) is 0 Å². The largest absolute Gasteiger partial charge is 0.396 e. The van der Waals surface area contributed by atoms with Gasteiger partial charge in [0.15, 0.2) is 0 Å². The van der Waals surface area contributed by atoms with Gasteiger partial charge in [0, 0.05) is 29.1 Å². The molecule has 2 aromatic rings. The lowest BCUT2D eigenvalue weighted by molar-refractivity contribution is -0.121. The predicted molar refractivity (Wildman–Crippen MR) is 87.7 cm³/mol. The zero-order chi connectivity index (χ0) is 15.6. The molecule has 0 unspecified atom stereocenters. The van der Waals surface area contributed by atoms with Crippen LogP contribution in [0.4, 0.5) is 0 Å². The number of hydrogen-bond acceptors (Lipinski definition) is 2. The first kappa shape index (κ1) is 15.1. The second-order valence-electron chi connectivity index (χ2n) is 6.68. The molecule has 4 heteroatoms.